The molecule has 3 rings (SSSR count). The first kappa shape index (κ1) is 16.9. The van der Waals surface area contributed by atoms with Crippen LogP contribution in [0.15, 0.2) is 58.1 Å². The van der Waals surface area contributed by atoms with Gasteiger partial charge in [-0.2, -0.15) is 5.10 Å². The van der Waals surface area contributed by atoms with Crippen LogP contribution in [0, 0.1) is 0 Å². The van der Waals surface area contributed by atoms with E-state index >= 15 is 0 Å². The summed E-state index contributed by atoms with van der Waals surface area (Å²) in [5, 5.41) is 6.70. The quantitative estimate of drug-likeness (QED) is 0.790. The van der Waals surface area contributed by atoms with Gasteiger partial charge in [0.25, 0.3) is 0 Å². The number of anilines is 1. The van der Waals surface area contributed by atoms with Crippen molar-refractivity contribution >= 4 is 44.7 Å². The van der Waals surface area contributed by atoms with Crippen LogP contribution in [0.1, 0.15) is 23.6 Å². The van der Waals surface area contributed by atoms with Crippen LogP contribution in [0.5, 0.6) is 0 Å². The predicted octanol–water partition coefficient (Wildman–Crippen LogP) is 3.91. The van der Waals surface area contributed by atoms with Gasteiger partial charge >= 0.3 is 0 Å². The van der Waals surface area contributed by atoms with Gasteiger partial charge in [-0.1, -0.05) is 40.2 Å². The van der Waals surface area contributed by atoms with Gasteiger partial charge in [-0.05, 0) is 47.6 Å². The molecule has 1 aliphatic rings. The predicted molar refractivity (Wildman–Crippen MR) is 107 cm³/mol. The Labute approximate surface area is 156 Å². The second kappa shape index (κ2) is 6.91. The topological polar surface area (TPSA) is 44.9 Å². The number of hydrogen-bond acceptors (Lipinski definition) is 3. The number of halogens is 1. The van der Waals surface area contributed by atoms with Crippen molar-refractivity contribution in [1.29, 1.82) is 0 Å². The van der Waals surface area contributed by atoms with E-state index in [1.165, 1.54) is 0 Å². The molecule has 4 nitrogen and oxygen atoms in total. The number of rotatable bonds is 3. The van der Waals surface area contributed by atoms with E-state index in [1.54, 1.807) is 5.01 Å². The highest BCUT2D eigenvalue weighted by molar-refractivity contribution is 9.10. The van der Waals surface area contributed by atoms with E-state index in [1.807, 2.05) is 26.2 Å². The Morgan fingerprint density at radius 3 is 2.33 bits per heavy atom. The van der Waals surface area contributed by atoms with Crippen molar-refractivity contribution in [2.75, 3.05) is 19.0 Å². The molecule has 124 valence electrons. The highest BCUT2D eigenvalue weighted by Gasteiger charge is 2.30. The van der Waals surface area contributed by atoms with Crippen molar-refractivity contribution in [3.63, 3.8) is 0 Å². The van der Waals surface area contributed by atoms with Crippen molar-refractivity contribution in [3.8, 4) is 0 Å². The van der Waals surface area contributed by atoms with Gasteiger partial charge in [-0.25, -0.2) is 5.01 Å². The molecule has 1 atom stereocenters. The van der Waals surface area contributed by atoms with E-state index in [9.17, 15) is 0 Å². The van der Waals surface area contributed by atoms with Gasteiger partial charge in [-0.15, -0.1) is 0 Å². The minimum Gasteiger partial charge on any atom is -0.378 e. The average molecular weight is 403 g/mol. The van der Waals surface area contributed by atoms with E-state index in [0.29, 0.717) is 5.11 Å². The summed E-state index contributed by atoms with van der Waals surface area (Å²) in [5.74, 6) is 0. The SMILES string of the molecule is CN(C)c1ccc(C2CC(c3ccc(Br)cc3)=NN2C(N)=S)cc1. The number of hydrogen-bond donors (Lipinski definition) is 1. The molecule has 0 bridgehead atoms. The normalized spacial score (nSPS) is 16.9. The molecule has 6 heteroatoms. The molecule has 0 saturated heterocycles. The van der Waals surface area contributed by atoms with Crippen molar-refractivity contribution in [2.24, 2.45) is 10.8 Å². The molecule has 0 aromatic heterocycles. The highest BCUT2D eigenvalue weighted by Crippen LogP contribution is 2.33. The third-order valence-corrected chi connectivity index (χ3v) is 4.82. The number of hydrazone groups is 1. The zero-order chi connectivity index (χ0) is 17.3. The van der Waals surface area contributed by atoms with Crippen LogP contribution < -0.4 is 10.6 Å². The van der Waals surface area contributed by atoms with Gasteiger partial charge in [0, 0.05) is 30.7 Å². The molecule has 0 spiro atoms. The lowest BCUT2D eigenvalue weighted by atomic mass is 9.98. The number of thiocarbonyl (C=S) groups is 1. The fraction of sp³-hybridized carbons (Fsp3) is 0.222. The van der Waals surface area contributed by atoms with E-state index in [-0.39, 0.29) is 6.04 Å². The fourth-order valence-electron chi connectivity index (χ4n) is 2.78. The molecule has 24 heavy (non-hydrogen) atoms. The molecule has 0 aliphatic carbocycles. The van der Waals surface area contributed by atoms with E-state index in [0.717, 1.165) is 33.4 Å². The Morgan fingerprint density at radius 1 is 1.17 bits per heavy atom. The smallest absolute Gasteiger partial charge is 0.187 e. The molecule has 1 unspecified atom stereocenters. The second-order valence-electron chi connectivity index (χ2n) is 5.94. The first-order valence-corrected chi connectivity index (χ1v) is 8.85. The number of nitrogens with two attached hydrogens (primary N) is 1. The monoisotopic (exact) mass is 402 g/mol. The van der Waals surface area contributed by atoms with Crippen LogP contribution in [-0.2, 0) is 0 Å². The van der Waals surface area contributed by atoms with Crippen LogP contribution in [-0.4, -0.2) is 29.9 Å². The van der Waals surface area contributed by atoms with Crippen LogP contribution >= 0.6 is 28.1 Å². The van der Waals surface area contributed by atoms with Gasteiger partial charge in [0.2, 0.25) is 0 Å². The van der Waals surface area contributed by atoms with E-state index in [4.69, 9.17) is 18.0 Å². The fourth-order valence-corrected chi connectivity index (χ4v) is 3.22. The summed E-state index contributed by atoms with van der Waals surface area (Å²) < 4.78 is 1.05. The van der Waals surface area contributed by atoms with Crippen molar-refractivity contribution in [1.82, 2.24) is 5.01 Å². The maximum absolute atomic E-state index is 5.90. The molecular formula is C18H19BrN4S. The summed E-state index contributed by atoms with van der Waals surface area (Å²) >= 11 is 8.67. The molecule has 1 heterocycles. The van der Waals surface area contributed by atoms with Gasteiger partial charge in [0.05, 0.1) is 11.8 Å². The number of nitrogens with zero attached hydrogens (tertiary/aromatic N) is 3. The summed E-state index contributed by atoms with van der Waals surface area (Å²) in [4.78, 5) is 2.08. The van der Waals surface area contributed by atoms with Crippen molar-refractivity contribution in [2.45, 2.75) is 12.5 Å². The molecule has 0 radical (unpaired) electrons. The summed E-state index contributed by atoms with van der Waals surface area (Å²) in [6, 6.07) is 16.6. The zero-order valence-electron chi connectivity index (χ0n) is 13.6. The van der Waals surface area contributed by atoms with Crippen LogP contribution in [0.2, 0.25) is 0 Å². The lowest BCUT2D eigenvalue weighted by Crippen LogP contribution is -2.31. The Bertz CT molecular complexity index is 769. The minimum absolute atomic E-state index is 0.0392. The molecule has 0 amide bonds. The number of benzene rings is 2. The van der Waals surface area contributed by atoms with Gasteiger partial charge in [0.1, 0.15) is 0 Å². The average Bonchev–Trinajstić information content (AvgIpc) is 3.01. The molecule has 0 saturated carbocycles. The Hall–Kier alpha value is -1.92. The summed E-state index contributed by atoms with van der Waals surface area (Å²) in [7, 11) is 4.06. The zero-order valence-corrected chi connectivity index (χ0v) is 16.0. The summed E-state index contributed by atoms with van der Waals surface area (Å²) in [5.41, 5.74) is 10.3. The van der Waals surface area contributed by atoms with Crippen molar-refractivity contribution < 1.29 is 0 Å². The molecular weight excluding hydrogens is 384 g/mol. The lowest BCUT2D eigenvalue weighted by Gasteiger charge is -2.22. The molecule has 2 aromatic carbocycles. The maximum Gasteiger partial charge on any atom is 0.187 e. The van der Waals surface area contributed by atoms with E-state index in [2.05, 4.69) is 62.3 Å². The largest absolute Gasteiger partial charge is 0.378 e. The molecule has 2 N–H and O–H groups in total. The summed E-state index contributed by atoms with van der Waals surface area (Å²) in [6.07, 6.45) is 0.778. The second-order valence-corrected chi connectivity index (χ2v) is 7.28. The molecule has 1 aliphatic heterocycles. The minimum atomic E-state index is 0.0392. The van der Waals surface area contributed by atoms with Gasteiger partial charge in [-0.3, -0.25) is 0 Å². The van der Waals surface area contributed by atoms with Crippen molar-refractivity contribution in [3.05, 3.63) is 64.1 Å². The Balaban J connectivity index is 1.89. The molecule has 2 aromatic rings. The van der Waals surface area contributed by atoms with Gasteiger partial charge in [0.15, 0.2) is 5.11 Å². The third-order valence-electron chi connectivity index (χ3n) is 4.11. The maximum atomic E-state index is 5.90. The highest BCUT2D eigenvalue weighted by atomic mass is 79.9. The van der Waals surface area contributed by atoms with Crippen LogP contribution in [0.3, 0.4) is 0 Å². The van der Waals surface area contributed by atoms with E-state index < -0.39 is 0 Å². The first-order valence-electron chi connectivity index (χ1n) is 7.65. The Kier molecular flexibility index (Phi) is 4.87. The third kappa shape index (κ3) is 3.44. The van der Waals surface area contributed by atoms with Crippen LogP contribution in [0.25, 0.3) is 0 Å². The Morgan fingerprint density at radius 2 is 1.79 bits per heavy atom. The lowest BCUT2D eigenvalue weighted by molar-refractivity contribution is 0.373. The first-order chi connectivity index (χ1) is 11.5. The van der Waals surface area contributed by atoms with Gasteiger partial charge < -0.3 is 10.6 Å². The standard InChI is InChI=1S/C18H19BrN4S/c1-22(2)15-9-5-13(6-10-15)17-11-16(21-23(17)18(20)24)12-3-7-14(19)8-4-12/h3-10,17H,11H2,1-2H3,(H2,20,24). The summed E-state index contributed by atoms with van der Waals surface area (Å²) in [6.45, 7) is 0. The van der Waals surface area contributed by atoms with Crippen LogP contribution in [0.4, 0.5) is 5.69 Å². The molecule has 0 fully saturated rings.